The molecule has 3 aromatic heterocycles. The molecule has 0 aliphatic rings. The van der Waals surface area contributed by atoms with Crippen LogP contribution in [-0.4, -0.2) is 33.3 Å². The highest BCUT2D eigenvalue weighted by molar-refractivity contribution is 7.91. The van der Waals surface area contributed by atoms with Crippen molar-refractivity contribution >= 4 is 26.3 Å². The van der Waals surface area contributed by atoms with E-state index in [0.717, 1.165) is 28.9 Å². The number of benzene rings is 1. The molecule has 3 heterocycles. The number of pyridine rings is 1. The third-order valence-electron chi connectivity index (χ3n) is 4.88. The number of nitrogens with zero attached hydrogens (tertiary/aromatic N) is 4. The zero-order valence-electron chi connectivity index (χ0n) is 16.4. The van der Waals surface area contributed by atoms with Crippen molar-refractivity contribution < 1.29 is 34.8 Å². The van der Waals surface area contributed by atoms with E-state index in [1.165, 1.54) is 6.92 Å². The Labute approximate surface area is 180 Å². The zero-order chi connectivity index (χ0) is 24.3. The first-order chi connectivity index (χ1) is 15.2. The maximum atomic E-state index is 13.1. The Morgan fingerprint density at radius 2 is 1.61 bits per heavy atom. The molecular weight excluding hydrogens is 478 g/mol. The molecule has 0 unspecified atom stereocenters. The normalized spacial score (nSPS) is 13.2. The standard InChI is InChI=1S/C19H12F6N4O3S/c1-2-33(31,32)17-15(27-14-8-12(19(23,24)25)5-6-28(14)17)29-16(30)13-7-11(18(20,21)22)4-3-10(13)9-26-29/h3-9H,2H2,1H3. The highest BCUT2D eigenvalue weighted by Crippen LogP contribution is 2.32. The number of fused-ring (bicyclic) bond motifs is 2. The van der Waals surface area contributed by atoms with E-state index in [9.17, 15) is 39.6 Å². The van der Waals surface area contributed by atoms with Gasteiger partial charge in [0.05, 0.1) is 28.5 Å². The number of hydrogen-bond donors (Lipinski definition) is 0. The molecule has 14 heteroatoms. The zero-order valence-corrected chi connectivity index (χ0v) is 17.3. The van der Waals surface area contributed by atoms with Crippen LogP contribution in [0.5, 0.6) is 0 Å². The molecule has 0 N–H and O–H groups in total. The summed E-state index contributed by atoms with van der Waals surface area (Å²) < 4.78 is 105. The summed E-state index contributed by atoms with van der Waals surface area (Å²) in [5.41, 5.74) is -3.79. The van der Waals surface area contributed by atoms with Crippen molar-refractivity contribution in [1.29, 1.82) is 0 Å². The van der Waals surface area contributed by atoms with Gasteiger partial charge in [-0.2, -0.15) is 36.1 Å². The molecule has 4 aromatic rings. The molecule has 0 spiro atoms. The van der Waals surface area contributed by atoms with Crippen LogP contribution in [0.1, 0.15) is 18.1 Å². The average Bonchev–Trinajstić information content (AvgIpc) is 3.12. The van der Waals surface area contributed by atoms with Gasteiger partial charge in [-0.05, 0) is 24.3 Å². The lowest BCUT2D eigenvalue weighted by Crippen LogP contribution is -2.24. The summed E-state index contributed by atoms with van der Waals surface area (Å²) in [6.45, 7) is 1.27. The summed E-state index contributed by atoms with van der Waals surface area (Å²) in [5.74, 6) is -1.12. The number of alkyl halides is 6. The number of sulfone groups is 1. The van der Waals surface area contributed by atoms with Crippen LogP contribution in [0.4, 0.5) is 26.3 Å². The number of halogens is 6. The molecule has 7 nitrogen and oxygen atoms in total. The van der Waals surface area contributed by atoms with Gasteiger partial charge < -0.3 is 0 Å². The van der Waals surface area contributed by atoms with Gasteiger partial charge in [0.15, 0.2) is 20.7 Å². The second-order valence-electron chi connectivity index (χ2n) is 6.95. The number of aromatic nitrogens is 4. The van der Waals surface area contributed by atoms with Crippen LogP contribution in [0.2, 0.25) is 0 Å². The molecule has 0 saturated heterocycles. The molecule has 0 radical (unpaired) electrons. The Hall–Kier alpha value is -3.42. The first-order valence-corrected chi connectivity index (χ1v) is 10.8. The number of rotatable bonds is 3. The van der Waals surface area contributed by atoms with E-state index in [0.29, 0.717) is 22.9 Å². The molecule has 0 amide bonds. The minimum atomic E-state index is -4.75. The molecule has 0 aliphatic carbocycles. The van der Waals surface area contributed by atoms with Gasteiger partial charge in [0.2, 0.25) is 0 Å². The highest BCUT2D eigenvalue weighted by atomic mass is 32.2. The van der Waals surface area contributed by atoms with Gasteiger partial charge in [-0.25, -0.2) is 13.4 Å². The Morgan fingerprint density at radius 3 is 2.21 bits per heavy atom. The van der Waals surface area contributed by atoms with E-state index < -0.39 is 66.5 Å². The van der Waals surface area contributed by atoms with Crippen LogP contribution in [0.15, 0.2) is 52.5 Å². The minimum absolute atomic E-state index is 0.0484. The predicted octanol–water partition coefficient (Wildman–Crippen LogP) is 3.86. The van der Waals surface area contributed by atoms with Crippen molar-refractivity contribution in [3.63, 3.8) is 0 Å². The lowest BCUT2D eigenvalue weighted by molar-refractivity contribution is -0.138. The van der Waals surface area contributed by atoms with E-state index >= 15 is 0 Å². The largest absolute Gasteiger partial charge is 0.416 e. The van der Waals surface area contributed by atoms with Crippen molar-refractivity contribution in [3.8, 4) is 5.82 Å². The van der Waals surface area contributed by atoms with Gasteiger partial charge >= 0.3 is 12.4 Å². The van der Waals surface area contributed by atoms with Crippen LogP contribution < -0.4 is 5.56 Å². The quantitative estimate of drug-likeness (QED) is 0.407. The van der Waals surface area contributed by atoms with Crippen LogP contribution in [0.3, 0.4) is 0 Å². The van der Waals surface area contributed by atoms with Gasteiger partial charge in [0, 0.05) is 11.6 Å². The maximum Gasteiger partial charge on any atom is 0.416 e. The first kappa shape index (κ1) is 22.8. The lowest BCUT2D eigenvalue weighted by atomic mass is 10.1. The molecule has 0 saturated carbocycles. The van der Waals surface area contributed by atoms with Gasteiger partial charge in [-0.1, -0.05) is 13.0 Å². The summed E-state index contributed by atoms with van der Waals surface area (Å²) in [6, 6.07) is 3.59. The Balaban J connectivity index is 2.07. The second-order valence-corrected chi connectivity index (χ2v) is 9.14. The Kier molecular flexibility index (Phi) is 5.03. The van der Waals surface area contributed by atoms with Crippen LogP contribution in [0.25, 0.3) is 22.2 Å². The number of imidazole rings is 1. The fourth-order valence-electron chi connectivity index (χ4n) is 3.22. The Morgan fingerprint density at radius 1 is 0.970 bits per heavy atom. The Bertz CT molecular complexity index is 1570. The topological polar surface area (TPSA) is 86.3 Å². The van der Waals surface area contributed by atoms with Gasteiger partial charge in [-0.15, -0.1) is 0 Å². The van der Waals surface area contributed by atoms with Gasteiger partial charge in [-0.3, -0.25) is 9.20 Å². The molecule has 4 rings (SSSR count). The fourth-order valence-corrected chi connectivity index (χ4v) is 4.36. The van der Waals surface area contributed by atoms with E-state index in [1.54, 1.807) is 0 Å². The second kappa shape index (κ2) is 7.30. The lowest BCUT2D eigenvalue weighted by Gasteiger charge is -2.10. The predicted molar refractivity (Wildman–Crippen MR) is 104 cm³/mol. The van der Waals surface area contributed by atoms with Crippen LogP contribution in [-0.2, 0) is 22.2 Å². The van der Waals surface area contributed by atoms with Crippen LogP contribution >= 0.6 is 0 Å². The summed E-state index contributed by atoms with van der Waals surface area (Å²) in [5, 5.41) is 2.81. The van der Waals surface area contributed by atoms with E-state index in [1.807, 2.05) is 0 Å². The van der Waals surface area contributed by atoms with Gasteiger partial charge in [0.1, 0.15) is 5.65 Å². The third-order valence-corrected chi connectivity index (χ3v) is 6.61. The van der Waals surface area contributed by atoms with Crippen molar-refractivity contribution in [1.82, 2.24) is 19.2 Å². The summed E-state index contributed by atoms with van der Waals surface area (Å²) in [7, 11) is -4.17. The smallest absolute Gasteiger partial charge is 0.289 e. The van der Waals surface area contributed by atoms with E-state index in [-0.39, 0.29) is 5.39 Å². The number of hydrogen-bond acceptors (Lipinski definition) is 5. The molecule has 0 bridgehead atoms. The first-order valence-electron chi connectivity index (χ1n) is 9.16. The molecule has 1 aromatic carbocycles. The van der Waals surface area contributed by atoms with Crippen LogP contribution in [0, 0.1) is 0 Å². The molecule has 0 atom stereocenters. The third kappa shape index (κ3) is 3.83. The van der Waals surface area contributed by atoms with Crippen molar-refractivity contribution in [2.75, 3.05) is 5.75 Å². The highest BCUT2D eigenvalue weighted by Gasteiger charge is 2.34. The van der Waals surface area contributed by atoms with Crippen molar-refractivity contribution in [2.24, 2.45) is 0 Å². The summed E-state index contributed by atoms with van der Waals surface area (Å²) in [6.07, 6.45) is -7.62. The average molecular weight is 490 g/mol. The summed E-state index contributed by atoms with van der Waals surface area (Å²) >= 11 is 0. The summed E-state index contributed by atoms with van der Waals surface area (Å²) in [4.78, 5) is 16.9. The monoisotopic (exact) mass is 490 g/mol. The maximum absolute atomic E-state index is 13.1. The molecular formula is C19H12F6N4O3S. The molecule has 0 aliphatic heterocycles. The fraction of sp³-hybridized carbons (Fsp3) is 0.211. The van der Waals surface area contributed by atoms with E-state index in [2.05, 4.69) is 10.1 Å². The van der Waals surface area contributed by atoms with Crippen molar-refractivity contribution in [3.05, 3.63) is 64.2 Å². The van der Waals surface area contributed by atoms with Gasteiger partial charge in [0.25, 0.3) is 5.56 Å². The van der Waals surface area contributed by atoms with E-state index in [4.69, 9.17) is 0 Å². The molecule has 0 fully saturated rings. The minimum Gasteiger partial charge on any atom is -0.289 e. The SMILES string of the molecule is CCS(=O)(=O)c1c(-n2ncc3ccc(C(F)(F)F)cc3c2=O)nc2cc(C(F)(F)F)ccn12. The van der Waals surface area contributed by atoms with Crippen molar-refractivity contribution in [2.45, 2.75) is 24.3 Å². The molecule has 174 valence electrons. The molecule has 33 heavy (non-hydrogen) atoms.